The second-order valence-electron chi connectivity index (χ2n) is 6.71. The highest BCUT2D eigenvalue weighted by molar-refractivity contribution is 5.92. The number of para-hydroxylation sites is 1. The van der Waals surface area contributed by atoms with E-state index in [-0.39, 0.29) is 18.7 Å². The number of amides is 1. The first-order valence-corrected chi connectivity index (χ1v) is 9.44. The molecule has 0 aliphatic heterocycles. The van der Waals surface area contributed by atoms with Crippen LogP contribution in [-0.4, -0.2) is 20.3 Å². The minimum absolute atomic E-state index is 0.149. The zero-order valence-electron chi connectivity index (χ0n) is 16.1. The number of carbonyl (C=O) groups is 1. The van der Waals surface area contributed by atoms with E-state index in [4.69, 9.17) is 4.74 Å². The lowest BCUT2D eigenvalue weighted by atomic mass is 10.1. The van der Waals surface area contributed by atoms with Crippen LogP contribution in [0.1, 0.15) is 29.0 Å². The van der Waals surface area contributed by atoms with Gasteiger partial charge in [-0.1, -0.05) is 30.3 Å². The molecule has 0 saturated carbocycles. The Bertz CT molecular complexity index is 1070. The third-order valence-electron chi connectivity index (χ3n) is 4.60. The van der Waals surface area contributed by atoms with Gasteiger partial charge in [-0.05, 0) is 55.0 Å². The number of hydrogen-bond acceptors (Lipinski definition) is 3. The molecule has 6 heteroatoms. The molecule has 2 aromatic carbocycles. The zero-order valence-corrected chi connectivity index (χ0v) is 16.1. The fourth-order valence-electron chi connectivity index (χ4n) is 3.03. The van der Waals surface area contributed by atoms with E-state index in [9.17, 15) is 4.79 Å². The molecule has 4 aromatic rings. The van der Waals surface area contributed by atoms with Crippen molar-refractivity contribution < 1.29 is 9.53 Å². The molecule has 0 aliphatic carbocycles. The predicted octanol–water partition coefficient (Wildman–Crippen LogP) is 4.20. The van der Waals surface area contributed by atoms with Crippen LogP contribution >= 0.6 is 0 Å². The number of carbonyl (C=O) groups excluding carboxylic acids is 1. The van der Waals surface area contributed by atoms with Crippen molar-refractivity contribution in [3.8, 4) is 11.4 Å². The number of ether oxygens (including phenoxy) is 1. The minimum atomic E-state index is -0.220. The first kappa shape index (κ1) is 18.6. The van der Waals surface area contributed by atoms with E-state index in [1.807, 2.05) is 84.5 Å². The van der Waals surface area contributed by atoms with Gasteiger partial charge >= 0.3 is 0 Å². The van der Waals surface area contributed by atoms with Crippen LogP contribution in [0, 0.1) is 0 Å². The van der Waals surface area contributed by atoms with Gasteiger partial charge in [0.15, 0.2) is 6.73 Å². The van der Waals surface area contributed by atoms with Crippen LogP contribution in [0.2, 0.25) is 0 Å². The molecular formula is C23H22N4O2. The lowest BCUT2D eigenvalue weighted by molar-refractivity contribution is 0.0932. The van der Waals surface area contributed by atoms with Gasteiger partial charge in [0.25, 0.3) is 5.91 Å². The van der Waals surface area contributed by atoms with E-state index >= 15 is 0 Å². The van der Waals surface area contributed by atoms with E-state index in [1.54, 1.807) is 16.9 Å². The van der Waals surface area contributed by atoms with Crippen LogP contribution in [0.25, 0.3) is 5.69 Å². The average Bonchev–Trinajstić information content (AvgIpc) is 3.45. The number of benzene rings is 2. The topological polar surface area (TPSA) is 61.1 Å². The van der Waals surface area contributed by atoms with Crippen LogP contribution in [-0.2, 0) is 6.73 Å². The number of rotatable bonds is 7. The Morgan fingerprint density at radius 1 is 1.00 bits per heavy atom. The molecule has 2 heterocycles. The van der Waals surface area contributed by atoms with Gasteiger partial charge in [-0.2, -0.15) is 5.10 Å². The summed E-state index contributed by atoms with van der Waals surface area (Å²) in [7, 11) is 0. The van der Waals surface area contributed by atoms with Crippen LogP contribution in [0.15, 0.2) is 91.4 Å². The number of nitrogens with zero attached hydrogens (tertiary/aromatic N) is 3. The fraction of sp³-hybridized carbons (Fsp3) is 0.130. The maximum Gasteiger partial charge on any atom is 0.272 e. The van der Waals surface area contributed by atoms with Crippen LogP contribution in [0.5, 0.6) is 5.75 Å². The molecule has 1 atom stereocenters. The van der Waals surface area contributed by atoms with Gasteiger partial charge in [0.05, 0.1) is 6.04 Å². The average molecular weight is 386 g/mol. The molecule has 6 nitrogen and oxygen atoms in total. The summed E-state index contributed by atoms with van der Waals surface area (Å²) in [6.07, 6.45) is 5.72. The van der Waals surface area contributed by atoms with Crippen molar-refractivity contribution >= 4 is 5.91 Å². The third-order valence-corrected chi connectivity index (χ3v) is 4.60. The summed E-state index contributed by atoms with van der Waals surface area (Å²) in [5.41, 5.74) is 2.43. The summed E-state index contributed by atoms with van der Waals surface area (Å²) < 4.78 is 9.28. The minimum Gasteiger partial charge on any atom is -0.471 e. The first-order chi connectivity index (χ1) is 14.2. The number of aromatic nitrogens is 3. The first-order valence-electron chi connectivity index (χ1n) is 9.44. The van der Waals surface area contributed by atoms with Gasteiger partial charge in [-0.3, -0.25) is 4.79 Å². The largest absolute Gasteiger partial charge is 0.471 e. The SMILES string of the molecule is CC(NC(=O)c1ccn(COc2ccccc2)n1)c1cccc(-n2cccc2)c1. The van der Waals surface area contributed by atoms with Crippen LogP contribution < -0.4 is 10.1 Å². The summed E-state index contributed by atoms with van der Waals surface area (Å²) in [4.78, 5) is 12.6. The van der Waals surface area contributed by atoms with Gasteiger partial charge in [0.1, 0.15) is 11.4 Å². The van der Waals surface area contributed by atoms with Gasteiger partial charge in [0.2, 0.25) is 0 Å². The molecule has 0 saturated heterocycles. The molecule has 1 unspecified atom stereocenters. The Labute approximate surface area is 169 Å². The van der Waals surface area contributed by atoms with Crippen LogP contribution in [0.3, 0.4) is 0 Å². The van der Waals surface area contributed by atoms with Crippen molar-refractivity contribution in [1.29, 1.82) is 0 Å². The molecule has 1 amide bonds. The number of nitrogens with one attached hydrogen (secondary N) is 1. The van der Waals surface area contributed by atoms with Crippen molar-refractivity contribution in [2.75, 3.05) is 0 Å². The highest BCUT2D eigenvalue weighted by atomic mass is 16.5. The molecule has 0 fully saturated rings. The van der Waals surface area contributed by atoms with Crippen molar-refractivity contribution in [3.63, 3.8) is 0 Å². The Kier molecular flexibility index (Phi) is 5.42. The smallest absolute Gasteiger partial charge is 0.272 e. The Morgan fingerprint density at radius 3 is 2.59 bits per heavy atom. The van der Waals surface area contributed by atoms with E-state index in [0.29, 0.717) is 5.69 Å². The Morgan fingerprint density at radius 2 is 1.79 bits per heavy atom. The van der Waals surface area contributed by atoms with Gasteiger partial charge in [0, 0.05) is 24.3 Å². The van der Waals surface area contributed by atoms with Crippen molar-refractivity contribution in [3.05, 3.63) is 103 Å². The van der Waals surface area contributed by atoms with Crippen LogP contribution in [0.4, 0.5) is 0 Å². The van der Waals surface area contributed by atoms with Gasteiger partial charge in [-0.15, -0.1) is 0 Å². The molecule has 0 spiro atoms. The van der Waals surface area contributed by atoms with Crippen molar-refractivity contribution in [2.45, 2.75) is 19.7 Å². The standard InChI is InChI=1S/C23H22N4O2/c1-18(19-8-7-9-20(16-19)26-13-5-6-14-26)24-23(28)22-12-15-27(25-22)17-29-21-10-3-2-4-11-21/h2-16,18H,17H2,1H3,(H,24,28). The summed E-state index contributed by atoms with van der Waals surface area (Å²) in [6, 6.07) is 23.1. The van der Waals surface area contributed by atoms with E-state index in [0.717, 1.165) is 17.0 Å². The number of hydrogen-bond donors (Lipinski definition) is 1. The lowest BCUT2D eigenvalue weighted by Crippen LogP contribution is -2.27. The van der Waals surface area contributed by atoms with E-state index < -0.39 is 0 Å². The molecule has 2 aromatic heterocycles. The van der Waals surface area contributed by atoms with E-state index in [2.05, 4.69) is 16.5 Å². The molecule has 0 aliphatic rings. The van der Waals surface area contributed by atoms with E-state index in [1.165, 1.54) is 0 Å². The molecule has 29 heavy (non-hydrogen) atoms. The second kappa shape index (κ2) is 8.48. The fourth-order valence-corrected chi connectivity index (χ4v) is 3.03. The lowest BCUT2D eigenvalue weighted by Gasteiger charge is -2.15. The normalized spacial score (nSPS) is 11.8. The van der Waals surface area contributed by atoms with Gasteiger partial charge < -0.3 is 14.6 Å². The molecule has 0 radical (unpaired) electrons. The quantitative estimate of drug-likeness (QED) is 0.518. The highest BCUT2D eigenvalue weighted by Gasteiger charge is 2.14. The van der Waals surface area contributed by atoms with Gasteiger partial charge in [-0.25, -0.2) is 4.68 Å². The molecule has 1 N–H and O–H groups in total. The van der Waals surface area contributed by atoms with Crippen molar-refractivity contribution in [1.82, 2.24) is 19.7 Å². The second-order valence-corrected chi connectivity index (χ2v) is 6.71. The Hall–Kier alpha value is -3.80. The van der Waals surface area contributed by atoms with Crippen molar-refractivity contribution in [2.24, 2.45) is 0 Å². The highest BCUT2D eigenvalue weighted by Crippen LogP contribution is 2.17. The Balaban J connectivity index is 1.38. The molecule has 4 rings (SSSR count). The maximum absolute atomic E-state index is 12.6. The summed E-state index contributed by atoms with van der Waals surface area (Å²) in [5, 5.41) is 7.31. The molecule has 146 valence electrons. The molecular weight excluding hydrogens is 364 g/mol. The zero-order chi connectivity index (χ0) is 20.1. The third kappa shape index (κ3) is 4.55. The summed E-state index contributed by atoms with van der Waals surface area (Å²) in [5.74, 6) is 0.535. The summed E-state index contributed by atoms with van der Waals surface area (Å²) >= 11 is 0. The monoisotopic (exact) mass is 386 g/mol. The summed E-state index contributed by atoms with van der Waals surface area (Å²) in [6.45, 7) is 2.20. The molecule has 0 bridgehead atoms. The maximum atomic E-state index is 12.6. The predicted molar refractivity (Wildman–Crippen MR) is 111 cm³/mol.